The zero-order valence-corrected chi connectivity index (χ0v) is 10.9. The van der Waals surface area contributed by atoms with Gasteiger partial charge in [0.1, 0.15) is 5.56 Å². The van der Waals surface area contributed by atoms with Crippen molar-refractivity contribution in [2.24, 2.45) is 0 Å². The third-order valence-electron chi connectivity index (χ3n) is 2.67. The van der Waals surface area contributed by atoms with E-state index >= 15 is 0 Å². The molecule has 0 aliphatic rings. The largest absolute Gasteiger partial charge is 0.395 e. The van der Waals surface area contributed by atoms with Crippen LogP contribution in [0.1, 0.15) is 48.5 Å². The molecule has 5 nitrogen and oxygen atoms in total. The molecule has 0 spiro atoms. The quantitative estimate of drug-likeness (QED) is 0.848. The number of aryl methyl sites for hydroxylation is 1. The second-order valence-electron chi connectivity index (χ2n) is 4.27. The molecule has 96 valence electrons. The molecule has 1 aromatic heterocycles. The van der Waals surface area contributed by atoms with Crippen molar-refractivity contribution >= 4 is 5.91 Å². The van der Waals surface area contributed by atoms with Gasteiger partial charge in [0.05, 0.1) is 12.3 Å². The molecule has 0 fully saturated rings. The van der Waals surface area contributed by atoms with Gasteiger partial charge in [-0.15, -0.1) is 0 Å². The zero-order chi connectivity index (χ0) is 13.0. The summed E-state index contributed by atoms with van der Waals surface area (Å²) >= 11 is 0. The molecule has 0 aliphatic heterocycles. The van der Waals surface area contributed by atoms with Crippen molar-refractivity contribution in [2.45, 2.75) is 33.6 Å². The van der Waals surface area contributed by atoms with E-state index in [1.807, 2.05) is 20.8 Å². The second-order valence-corrected chi connectivity index (χ2v) is 4.27. The molecule has 0 atom stereocenters. The Hall–Kier alpha value is -1.36. The Bertz CT molecular complexity index is 385. The normalized spacial score (nSPS) is 10.9. The van der Waals surface area contributed by atoms with Crippen molar-refractivity contribution < 1.29 is 14.4 Å². The lowest BCUT2D eigenvalue weighted by molar-refractivity contribution is 0.0728. The Balaban J connectivity index is 3.05. The van der Waals surface area contributed by atoms with Gasteiger partial charge in [-0.25, -0.2) is 0 Å². The highest BCUT2D eigenvalue weighted by molar-refractivity contribution is 5.96. The number of rotatable bonds is 5. The molecule has 17 heavy (non-hydrogen) atoms. The minimum Gasteiger partial charge on any atom is -0.395 e. The fourth-order valence-electron chi connectivity index (χ4n) is 1.72. The van der Waals surface area contributed by atoms with Crippen LogP contribution < -0.4 is 0 Å². The zero-order valence-electron chi connectivity index (χ0n) is 10.9. The topological polar surface area (TPSA) is 66.6 Å². The van der Waals surface area contributed by atoms with Crippen LogP contribution in [0.5, 0.6) is 0 Å². The third kappa shape index (κ3) is 2.85. The highest BCUT2D eigenvalue weighted by Gasteiger charge is 2.25. The SMILES string of the molecule is CCN(CCO)C(=O)c1c(C)noc1C(C)C. The van der Waals surface area contributed by atoms with E-state index in [-0.39, 0.29) is 18.4 Å². The van der Waals surface area contributed by atoms with Crippen molar-refractivity contribution in [3.63, 3.8) is 0 Å². The number of carbonyl (C=O) groups excluding carboxylic acids is 1. The number of nitrogens with zero attached hydrogens (tertiary/aromatic N) is 2. The highest BCUT2D eigenvalue weighted by atomic mass is 16.5. The Morgan fingerprint density at radius 3 is 2.65 bits per heavy atom. The van der Waals surface area contributed by atoms with Crippen LogP contribution in [0.4, 0.5) is 0 Å². The van der Waals surface area contributed by atoms with Crippen molar-refractivity contribution in [2.75, 3.05) is 19.7 Å². The molecule has 1 aromatic rings. The first-order valence-corrected chi connectivity index (χ1v) is 5.89. The van der Waals surface area contributed by atoms with Crippen LogP contribution in [-0.2, 0) is 0 Å². The predicted molar refractivity (Wildman–Crippen MR) is 64.0 cm³/mol. The molecule has 1 rings (SSSR count). The Kier molecular flexibility index (Phi) is 4.69. The molecule has 1 heterocycles. The maximum absolute atomic E-state index is 12.3. The summed E-state index contributed by atoms with van der Waals surface area (Å²) in [6.07, 6.45) is 0. The van der Waals surface area contributed by atoms with E-state index in [4.69, 9.17) is 9.63 Å². The van der Waals surface area contributed by atoms with Crippen molar-refractivity contribution in [1.29, 1.82) is 0 Å². The molecular formula is C12H20N2O3. The summed E-state index contributed by atoms with van der Waals surface area (Å²) < 4.78 is 5.19. The first kappa shape index (κ1) is 13.7. The van der Waals surface area contributed by atoms with Gasteiger partial charge in [-0.2, -0.15) is 0 Å². The van der Waals surface area contributed by atoms with Crippen LogP contribution in [0.25, 0.3) is 0 Å². The Morgan fingerprint density at radius 1 is 1.53 bits per heavy atom. The van der Waals surface area contributed by atoms with Gasteiger partial charge in [0.15, 0.2) is 5.76 Å². The highest BCUT2D eigenvalue weighted by Crippen LogP contribution is 2.23. The average molecular weight is 240 g/mol. The summed E-state index contributed by atoms with van der Waals surface area (Å²) in [5, 5.41) is 12.8. The van der Waals surface area contributed by atoms with Crippen LogP contribution in [0, 0.1) is 6.92 Å². The average Bonchev–Trinajstić information content (AvgIpc) is 2.67. The number of aliphatic hydroxyl groups excluding tert-OH is 1. The minimum absolute atomic E-state index is 0.0408. The van der Waals surface area contributed by atoms with E-state index in [2.05, 4.69) is 5.16 Å². The molecule has 0 bridgehead atoms. The van der Waals surface area contributed by atoms with Gasteiger partial charge in [0, 0.05) is 19.0 Å². The molecule has 1 amide bonds. The van der Waals surface area contributed by atoms with E-state index < -0.39 is 0 Å². The number of amides is 1. The molecule has 0 aromatic carbocycles. The molecule has 0 radical (unpaired) electrons. The smallest absolute Gasteiger partial charge is 0.259 e. The van der Waals surface area contributed by atoms with Crippen LogP contribution in [0.3, 0.4) is 0 Å². The minimum atomic E-state index is -0.121. The number of aliphatic hydroxyl groups is 1. The van der Waals surface area contributed by atoms with Gasteiger partial charge in [-0.05, 0) is 13.8 Å². The van der Waals surface area contributed by atoms with Gasteiger partial charge in [-0.1, -0.05) is 19.0 Å². The second kappa shape index (κ2) is 5.82. The Morgan fingerprint density at radius 2 is 2.18 bits per heavy atom. The number of hydrogen-bond acceptors (Lipinski definition) is 4. The van der Waals surface area contributed by atoms with Crippen LogP contribution in [-0.4, -0.2) is 40.8 Å². The lowest BCUT2D eigenvalue weighted by Gasteiger charge is -2.19. The van der Waals surface area contributed by atoms with E-state index in [0.29, 0.717) is 30.1 Å². The number of carbonyl (C=O) groups is 1. The summed E-state index contributed by atoms with van der Waals surface area (Å²) in [5.74, 6) is 0.607. The fraction of sp³-hybridized carbons (Fsp3) is 0.667. The monoisotopic (exact) mass is 240 g/mol. The first-order chi connectivity index (χ1) is 8.02. The van der Waals surface area contributed by atoms with E-state index in [1.165, 1.54) is 0 Å². The summed E-state index contributed by atoms with van der Waals surface area (Å²) in [4.78, 5) is 13.9. The summed E-state index contributed by atoms with van der Waals surface area (Å²) in [5.41, 5.74) is 1.14. The summed E-state index contributed by atoms with van der Waals surface area (Å²) in [6.45, 7) is 8.40. The number of hydrogen-bond donors (Lipinski definition) is 1. The van der Waals surface area contributed by atoms with E-state index in [1.54, 1.807) is 11.8 Å². The molecule has 0 saturated carbocycles. The van der Waals surface area contributed by atoms with E-state index in [9.17, 15) is 4.79 Å². The van der Waals surface area contributed by atoms with Gasteiger partial charge in [-0.3, -0.25) is 4.79 Å². The molecule has 0 aliphatic carbocycles. The Labute approximate surface area is 101 Å². The van der Waals surface area contributed by atoms with Gasteiger partial charge >= 0.3 is 0 Å². The van der Waals surface area contributed by atoms with Gasteiger partial charge in [0.2, 0.25) is 0 Å². The lowest BCUT2D eigenvalue weighted by atomic mass is 10.0. The maximum atomic E-state index is 12.3. The standard InChI is InChI=1S/C12H20N2O3/c1-5-14(6-7-15)12(16)10-9(4)13-17-11(10)8(2)3/h8,15H,5-7H2,1-4H3. The van der Waals surface area contributed by atoms with Gasteiger partial charge < -0.3 is 14.5 Å². The lowest BCUT2D eigenvalue weighted by Crippen LogP contribution is -2.34. The number of aromatic nitrogens is 1. The third-order valence-corrected chi connectivity index (χ3v) is 2.67. The summed E-state index contributed by atoms with van der Waals surface area (Å²) in [6, 6.07) is 0. The molecule has 0 saturated heterocycles. The van der Waals surface area contributed by atoms with Gasteiger partial charge in [0.25, 0.3) is 5.91 Å². The first-order valence-electron chi connectivity index (χ1n) is 5.89. The molecule has 0 unspecified atom stereocenters. The molecule has 1 N–H and O–H groups in total. The fourth-order valence-corrected chi connectivity index (χ4v) is 1.72. The molecular weight excluding hydrogens is 220 g/mol. The van der Waals surface area contributed by atoms with Crippen LogP contribution in [0.2, 0.25) is 0 Å². The maximum Gasteiger partial charge on any atom is 0.259 e. The summed E-state index contributed by atoms with van der Waals surface area (Å²) in [7, 11) is 0. The van der Waals surface area contributed by atoms with Crippen LogP contribution >= 0.6 is 0 Å². The number of likely N-dealkylation sites (N-methyl/N-ethyl adjacent to an activating group) is 1. The molecule has 5 heteroatoms. The van der Waals surface area contributed by atoms with Crippen LogP contribution in [0.15, 0.2) is 4.52 Å². The van der Waals surface area contributed by atoms with Crippen molar-refractivity contribution in [3.8, 4) is 0 Å². The van der Waals surface area contributed by atoms with Crippen molar-refractivity contribution in [3.05, 3.63) is 17.0 Å². The predicted octanol–water partition coefficient (Wildman–Crippen LogP) is 1.56. The van der Waals surface area contributed by atoms with E-state index in [0.717, 1.165) is 0 Å². The van der Waals surface area contributed by atoms with Crippen molar-refractivity contribution in [1.82, 2.24) is 10.1 Å².